The van der Waals surface area contributed by atoms with Crippen molar-refractivity contribution in [3.8, 4) is 0 Å². The molecule has 1 aromatic heterocycles. The van der Waals surface area contributed by atoms with Crippen molar-refractivity contribution in [2.24, 2.45) is 0 Å². The van der Waals surface area contributed by atoms with Crippen molar-refractivity contribution in [1.82, 2.24) is 9.55 Å². The van der Waals surface area contributed by atoms with Crippen LogP contribution in [0.4, 0.5) is 0 Å². The molecule has 0 atom stereocenters. The van der Waals surface area contributed by atoms with Gasteiger partial charge >= 0.3 is 5.97 Å². The predicted molar refractivity (Wildman–Crippen MR) is 113 cm³/mol. The number of thioether (sulfide) groups is 1. The lowest BCUT2D eigenvalue weighted by atomic mass is 10.1. The van der Waals surface area contributed by atoms with Crippen molar-refractivity contribution in [2.75, 3.05) is 12.4 Å². The number of benzene rings is 2. The van der Waals surface area contributed by atoms with Crippen LogP contribution in [0.3, 0.4) is 0 Å². The molecule has 0 amide bonds. The molecule has 0 unspecified atom stereocenters. The van der Waals surface area contributed by atoms with Crippen LogP contribution in [-0.4, -0.2) is 27.9 Å². The summed E-state index contributed by atoms with van der Waals surface area (Å²) in [6, 6.07) is 15.6. The number of hydrogen-bond donors (Lipinski definition) is 0. The van der Waals surface area contributed by atoms with Crippen LogP contribution in [0.5, 0.6) is 0 Å². The van der Waals surface area contributed by atoms with Gasteiger partial charge in [-0.2, -0.15) is 0 Å². The molecule has 0 spiro atoms. The molecule has 0 aliphatic heterocycles. The molecule has 6 heteroatoms. The molecule has 0 fully saturated rings. The Morgan fingerprint density at radius 3 is 2.64 bits per heavy atom. The third kappa shape index (κ3) is 5.01. The molecule has 0 aliphatic rings. The molecule has 5 nitrogen and oxygen atoms in total. The molecule has 0 saturated heterocycles. The second kappa shape index (κ2) is 9.55. The molecule has 28 heavy (non-hydrogen) atoms. The van der Waals surface area contributed by atoms with E-state index in [1.54, 1.807) is 11.5 Å². The third-order valence-corrected chi connectivity index (χ3v) is 5.41. The summed E-state index contributed by atoms with van der Waals surface area (Å²) in [5.41, 5.74) is 2.89. The van der Waals surface area contributed by atoms with E-state index in [9.17, 15) is 9.59 Å². The number of aromatic nitrogens is 2. The molecule has 3 aromatic rings. The van der Waals surface area contributed by atoms with Crippen LogP contribution in [0.2, 0.25) is 0 Å². The predicted octanol–water partition coefficient (Wildman–Crippen LogP) is 4.19. The normalized spacial score (nSPS) is 10.9. The lowest BCUT2D eigenvalue weighted by Crippen LogP contribution is -2.24. The largest absolute Gasteiger partial charge is 0.466 e. The summed E-state index contributed by atoms with van der Waals surface area (Å²) >= 11 is 1.50. The van der Waals surface area contributed by atoms with Crippen molar-refractivity contribution < 1.29 is 9.53 Å². The maximum absolute atomic E-state index is 13.1. The van der Waals surface area contributed by atoms with E-state index in [-0.39, 0.29) is 11.5 Å². The molecule has 1 heterocycles. The fraction of sp³-hybridized carbons (Fsp3) is 0.318. The molecule has 2 aromatic carbocycles. The Labute approximate surface area is 168 Å². The highest BCUT2D eigenvalue weighted by molar-refractivity contribution is 7.99. The minimum atomic E-state index is -0.188. The Morgan fingerprint density at radius 1 is 1.14 bits per heavy atom. The fourth-order valence-corrected chi connectivity index (χ4v) is 3.82. The lowest BCUT2D eigenvalue weighted by molar-refractivity contribution is -0.143. The Kier molecular flexibility index (Phi) is 6.87. The quantitative estimate of drug-likeness (QED) is 0.247. The molecule has 0 saturated carbocycles. The Bertz CT molecular complexity index is 1010. The van der Waals surface area contributed by atoms with Crippen molar-refractivity contribution in [3.05, 3.63) is 70.0 Å². The first-order valence-electron chi connectivity index (χ1n) is 9.42. The second-order valence-corrected chi connectivity index (χ2v) is 7.61. The summed E-state index contributed by atoms with van der Waals surface area (Å²) in [6.07, 6.45) is 1.05. The van der Waals surface area contributed by atoms with Crippen molar-refractivity contribution in [1.29, 1.82) is 0 Å². The zero-order valence-electron chi connectivity index (χ0n) is 16.2. The van der Waals surface area contributed by atoms with Crippen LogP contribution in [0.15, 0.2) is 58.5 Å². The van der Waals surface area contributed by atoms with Gasteiger partial charge in [0.1, 0.15) is 0 Å². The number of ether oxygens (including phenoxy) is 1. The highest BCUT2D eigenvalue weighted by Crippen LogP contribution is 2.20. The summed E-state index contributed by atoms with van der Waals surface area (Å²) in [4.78, 5) is 29.3. The number of rotatable bonds is 8. The minimum Gasteiger partial charge on any atom is -0.466 e. The number of esters is 1. The topological polar surface area (TPSA) is 61.2 Å². The Morgan fingerprint density at radius 2 is 1.89 bits per heavy atom. The van der Waals surface area contributed by atoms with E-state index in [0.717, 1.165) is 5.56 Å². The van der Waals surface area contributed by atoms with E-state index >= 15 is 0 Å². The molecule has 0 bridgehead atoms. The van der Waals surface area contributed by atoms with Gasteiger partial charge in [-0.3, -0.25) is 14.2 Å². The van der Waals surface area contributed by atoms with Crippen LogP contribution in [-0.2, 0) is 16.1 Å². The molecule has 0 N–H and O–H groups in total. The molecule has 3 rings (SSSR count). The number of fused-ring (bicyclic) bond motifs is 1. The minimum absolute atomic E-state index is 0.0425. The number of aryl methyl sites for hydroxylation is 1. The molecule has 0 aliphatic carbocycles. The first-order valence-corrected chi connectivity index (χ1v) is 10.4. The van der Waals surface area contributed by atoms with E-state index in [2.05, 4.69) is 0 Å². The average molecular weight is 397 g/mol. The Balaban J connectivity index is 1.85. The summed E-state index contributed by atoms with van der Waals surface area (Å²) in [7, 11) is 0. The Hall–Kier alpha value is -2.60. The van der Waals surface area contributed by atoms with E-state index < -0.39 is 0 Å². The van der Waals surface area contributed by atoms with Crippen molar-refractivity contribution in [2.45, 2.75) is 38.4 Å². The van der Waals surface area contributed by atoms with Crippen LogP contribution in [0.1, 0.15) is 30.9 Å². The summed E-state index contributed by atoms with van der Waals surface area (Å²) < 4.78 is 6.69. The van der Waals surface area contributed by atoms with Gasteiger partial charge in [0.15, 0.2) is 5.16 Å². The highest BCUT2D eigenvalue weighted by Gasteiger charge is 2.12. The van der Waals surface area contributed by atoms with Gasteiger partial charge in [0, 0.05) is 12.2 Å². The molecular weight excluding hydrogens is 372 g/mol. The highest BCUT2D eigenvalue weighted by atomic mass is 32.2. The zero-order chi connectivity index (χ0) is 19.9. The van der Waals surface area contributed by atoms with Gasteiger partial charge in [0.2, 0.25) is 0 Å². The van der Waals surface area contributed by atoms with Gasteiger partial charge in [0.05, 0.1) is 24.1 Å². The molecule has 146 valence electrons. The SMILES string of the molecule is CCOC(=O)CCCSc1nc2ccccc2c(=O)n1Cc1ccc(C)cc1. The first-order chi connectivity index (χ1) is 13.6. The van der Waals surface area contributed by atoms with Gasteiger partial charge in [-0.25, -0.2) is 4.98 Å². The van der Waals surface area contributed by atoms with Crippen LogP contribution < -0.4 is 5.56 Å². The second-order valence-electron chi connectivity index (χ2n) is 6.55. The zero-order valence-corrected chi connectivity index (χ0v) is 17.0. The van der Waals surface area contributed by atoms with Crippen LogP contribution in [0, 0.1) is 6.92 Å². The molecule has 0 radical (unpaired) electrons. The third-order valence-electron chi connectivity index (χ3n) is 4.35. The monoisotopic (exact) mass is 396 g/mol. The summed E-state index contributed by atoms with van der Waals surface area (Å²) in [5, 5.41) is 1.29. The van der Waals surface area contributed by atoms with Gasteiger partial charge in [-0.1, -0.05) is 53.7 Å². The number of carbonyl (C=O) groups excluding carboxylic acids is 1. The smallest absolute Gasteiger partial charge is 0.305 e. The van der Waals surface area contributed by atoms with E-state index in [1.165, 1.54) is 17.3 Å². The van der Waals surface area contributed by atoms with Crippen LogP contribution in [0.25, 0.3) is 10.9 Å². The van der Waals surface area contributed by atoms with Gasteiger partial charge in [-0.05, 0) is 38.0 Å². The number of hydrogen-bond acceptors (Lipinski definition) is 5. The molecular formula is C22H24N2O3S. The number of nitrogens with zero attached hydrogens (tertiary/aromatic N) is 2. The average Bonchev–Trinajstić information content (AvgIpc) is 2.69. The standard InChI is InChI=1S/C22H24N2O3S/c1-3-27-20(25)9-6-14-28-22-23-19-8-5-4-7-18(19)21(26)24(22)15-17-12-10-16(2)11-13-17/h4-5,7-8,10-13H,3,6,9,14-15H2,1-2H3. The maximum Gasteiger partial charge on any atom is 0.305 e. The van der Waals surface area contributed by atoms with Crippen molar-refractivity contribution in [3.63, 3.8) is 0 Å². The number of para-hydroxylation sites is 1. The van der Waals surface area contributed by atoms with Gasteiger partial charge < -0.3 is 4.74 Å². The van der Waals surface area contributed by atoms with Crippen molar-refractivity contribution >= 4 is 28.6 Å². The van der Waals surface area contributed by atoms with Crippen LogP contribution >= 0.6 is 11.8 Å². The van der Waals surface area contributed by atoms with E-state index in [1.807, 2.05) is 55.5 Å². The lowest BCUT2D eigenvalue weighted by Gasteiger charge is -2.13. The van der Waals surface area contributed by atoms with Gasteiger partial charge in [-0.15, -0.1) is 0 Å². The summed E-state index contributed by atoms with van der Waals surface area (Å²) in [5.74, 6) is 0.504. The maximum atomic E-state index is 13.1. The number of carbonyl (C=O) groups is 1. The summed E-state index contributed by atoms with van der Waals surface area (Å²) in [6.45, 7) is 4.71. The van der Waals surface area contributed by atoms with E-state index in [4.69, 9.17) is 9.72 Å². The van der Waals surface area contributed by atoms with E-state index in [0.29, 0.717) is 47.8 Å². The first kappa shape index (κ1) is 20.1. The van der Waals surface area contributed by atoms with Gasteiger partial charge in [0.25, 0.3) is 5.56 Å². The fourth-order valence-electron chi connectivity index (χ4n) is 2.89.